The first kappa shape index (κ1) is 17.3. The van der Waals surface area contributed by atoms with Crippen molar-refractivity contribution in [2.45, 2.75) is 64.5 Å². The molecule has 4 heteroatoms. The Bertz CT molecular complexity index is 553. The fourth-order valence-electron chi connectivity index (χ4n) is 4.56. The Kier molecular flexibility index (Phi) is 5.44. The fraction of sp³-hybridized carbons (Fsp3) is 0.650. The van der Waals surface area contributed by atoms with Crippen LogP contribution in [-0.2, 0) is 4.79 Å². The van der Waals surface area contributed by atoms with Crippen LogP contribution in [0.1, 0.15) is 49.7 Å². The number of carbonyl (C=O) groups is 1. The van der Waals surface area contributed by atoms with Crippen LogP contribution < -0.4 is 15.8 Å². The van der Waals surface area contributed by atoms with Gasteiger partial charge in [0.1, 0.15) is 5.75 Å². The molecular formula is C20H30N2O2. The second-order valence-corrected chi connectivity index (χ2v) is 7.70. The van der Waals surface area contributed by atoms with E-state index in [1.165, 1.54) is 30.4 Å². The molecule has 1 amide bonds. The van der Waals surface area contributed by atoms with E-state index in [1.807, 2.05) is 12.1 Å². The Morgan fingerprint density at radius 2 is 1.79 bits per heavy atom. The highest BCUT2D eigenvalue weighted by atomic mass is 16.5. The number of hydrogen-bond acceptors (Lipinski definition) is 3. The maximum Gasteiger partial charge on any atom is 0.223 e. The minimum absolute atomic E-state index is 0.108. The third-order valence-corrected chi connectivity index (χ3v) is 5.50. The first-order valence-electron chi connectivity index (χ1n) is 9.27. The normalized spacial score (nSPS) is 29.1. The van der Waals surface area contributed by atoms with E-state index in [9.17, 15) is 4.79 Å². The lowest BCUT2D eigenvalue weighted by molar-refractivity contribution is -0.123. The van der Waals surface area contributed by atoms with E-state index in [4.69, 9.17) is 10.5 Å². The fourth-order valence-corrected chi connectivity index (χ4v) is 4.56. The van der Waals surface area contributed by atoms with Gasteiger partial charge in [-0.3, -0.25) is 4.79 Å². The number of hydrogen-bond donors (Lipinski definition) is 2. The molecule has 1 aromatic carbocycles. The quantitative estimate of drug-likeness (QED) is 0.872. The molecule has 0 heterocycles. The summed E-state index contributed by atoms with van der Waals surface area (Å²) in [6.45, 7) is 4.54. The van der Waals surface area contributed by atoms with Gasteiger partial charge in [0.15, 0.2) is 0 Å². The number of rotatable bonds is 5. The van der Waals surface area contributed by atoms with Crippen LogP contribution in [0, 0.1) is 25.7 Å². The minimum atomic E-state index is 0.108. The number of nitrogens with one attached hydrogen (secondary N) is 1. The van der Waals surface area contributed by atoms with E-state index in [2.05, 4.69) is 25.2 Å². The third-order valence-electron chi connectivity index (χ3n) is 5.50. The second kappa shape index (κ2) is 7.56. The first-order chi connectivity index (χ1) is 11.5. The summed E-state index contributed by atoms with van der Waals surface area (Å²) in [5.74, 6) is 2.09. The molecule has 2 atom stereocenters. The zero-order valence-corrected chi connectivity index (χ0v) is 14.9. The van der Waals surface area contributed by atoms with Crippen LogP contribution in [0.25, 0.3) is 0 Å². The number of benzene rings is 1. The number of fused-ring (bicyclic) bond motifs is 2. The van der Waals surface area contributed by atoms with Gasteiger partial charge in [-0.2, -0.15) is 0 Å². The summed E-state index contributed by atoms with van der Waals surface area (Å²) < 4.78 is 5.76. The first-order valence-corrected chi connectivity index (χ1v) is 9.27. The lowest BCUT2D eigenvalue weighted by atomic mass is 9.67. The van der Waals surface area contributed by atoms with Crippen LogP contribution in [0.3, 0.4) is 0 Å². The zero-order chi connectivity index (χ0) is 17.1. The van der Waals surface area contributed by atoms with E-state index in [1.54, 1.807) is 0 Å². The maximum atomic E-state index is 12.3. The van der Waals surface area contributed by atoms with Crippen LogP contribution in [0.15, 0.2) is 18.2 Å². The molecule has 2 unspecified atom stereocenters. The van der Waals surface area contributed by atoms with Gasteiger partial charge < -0.3 is 15.8 Å². The van der Waals surface area contributed by atoms with Crippen molar-refractivity contribution >= 4 is 5.91 Å². The molecule has 3 N–H and O–H groups in total. The van der Waals surface area contributed by atoms with Crippen LogP contribution >= 0.6 is 0 Å². The zero-order valence-electron chi connectivity index (χ0n) is 14.9. The second-order valence-electron chi connectivity index (χ2n) is 7.70. The van der Waals surface area contributed by atoms with Crippen LogP contribution in [0.5, 0.6) is 5.75 Å². The Labute approximate surface area is 145 Å². The van der Waals surface area contributed by atoms with E-state index in [0.29, 0.717) is 36.9 Å². The number of aryl methyl sites for hydroxylation is 2. The van der Waals surface area contributed by atoms with Crippen molar-refractivity contribution in [3.05, 3.63) is 29.3 Å². The van der Waals surface area contributed by atoms with Gasteiger partial charge in [0.05, 0.1) is 13.0 Å². The monoisotopic (exact) mass is 330 g/mol. The van der Waals surface area contributed by atoms with Crippen molar-refractivity contribution in [2.75, 3.05) is 6.61 Å². The predicted octanol–water partition coefficient (Wildman–Crippen LogP) is 3.09. The standard InChI is InChI=1S/C20H30N2O2/c1-13-8-14(2)10-18(9-13)24-7-6-19(23)22-20-15-4-3-5-16(20)12-17(21)11-15/h8-10,15-17,20H,3-7,11-12,21H2,1-2H3,(H,22,23). The van der Waals surface area contributed by atoms with Gasteiger partial charge in [-0.15, -0.1) is 0 Å². The van der Waals surface area contributed by atoms with Gasteiger partial charge in [0, 0.05) is 12.1 Å². The predicted molar refractivity (Wildman–Crippen MR) is 96.0 cm³/mol. The summed E-state index contributed by atoms with van der Waals surface area (Å²) in [4.78, 5) is 12.3. The maximum absolute atomic E-state index is 12.3. The molecule has 2 aliphatic rings. The lowest BCUT2D eigenvalue weighted by Crippen LogP contribution is -2.53. The molecule has 24 heavy (non-hydrogen) atoms. The molecule has 2 fully saturated rings. The summed E-state index contributed by atoms with van der Waals surface area (Å²) in [7, 11) is 0. The average molecular weight is 330 g/mol. The lowest BCUT2D eigenvalue weighted by Gasteiger charge is -2.45. The molecule has 2 bridgehead atoms. The van der Waals surface area contributed by atoms with Crippen LogP contribution in [0.2, 0.25) is 0 Å². The van der Waals surface area contributed by atoms with Crippen molar-refractivity contribution in [1.29, 1.82) is 0 Å². The molecule has 4 nitrogen and oxygen atoms in total. The number of nitrogens with two attached hydrogens (primary N) is 1. The highest BCUT2D eigenvalue weighted by molar-refractivity contribution is 5.76. The van der Waals surface area contributed by atoms with Crippen molar-refractivity contribution in [1.82, 2.24) is 5.32 Å². The molecule has 0 aromatic heterocycles. The van der Waals surface area contributed by atoms with E-state index in [0.717, 1.165) is 18.6 Å². The number of amides is 1. The Hall–Kier alpha value is -1.55. The molecule has 132 valence electrons. The van der Waals surface area contributed by atoms with Gasteiger partial charge in [0.2, 0.25) is 5.91 Å². The average Bonchev–Trinajstić information content (AvgIpc) is 2.47. The summed E-state index contributed by atoms with van der Waals surface area (Å²) in [5, 5.41) is 3.28. The SMILES string of the molecule is Cc1cc(C)cc(OCCC(=O)NC2C3CCCC2CC(N)C3)c1. The van der Waals surface area contributed by atoms with E-state index in [-0.39, 0.29) is 5.91 Å². The van der Waals surface area contributed by atoms with Crippen molar-refractivity contribution in [2.24, 2.45) is 17.6 Å². The van der Waals surface area contributed by atoms with Crippen molar-refractivity contribution in [3.8, 4) is 5.75 Å². The van der Waals surface area contributed by atoms with E-state index < -0.39 is 0 Å². The number of carbonyl (C=O) groups excluding carboxylic acids is 1. The third kappa shape index (κ3) is 4.29. The van der Waals surface area contributed by atoms with Crippen LogP contribution in [0.4, 0.5) is 0 Å². The van der Waals surface area contributed by atoms with Gasteiger partial charge in [-0.1, -0.05) is 12.5 Å². The molecule has 2 saturated carbocycles. The van der Waals surface area contributed by atoms with Gasteiger partial charge in [0.25, 0.3) is 0 Å². The number of ether oxygens (including phenoxy) is 1. The highest BCUT2D eigenvalue weighted by Crippen LogP contribution is 2.39. The molecule has 0 aliphatic heterocycles. The topological polar surface area (TPSA) is 64.3 Å². The molecule has 0 saturated heterocycles. The van der Waals surface area contributed by atoms with Gasteiger partial charge in [-0.25, -0.2) is 0 Å². The van der Waals surface area contributed by atoms with Gasteiger partial charge >= 0.3 is 0 Å². The Balaban J connectivity index is 1.47. The summed E-state index contributed by atoms with van der Waals surface area (Å²) in [5.41, 5.74) is 8.52. The molecule has 1 aromatic rings. The molecule has 2 aliphatic carbocycles. The van der Waals surface area contributed by atoms with Crippen molar-refractivity contribution in [3.63, 3.8) is 0 Å². The van der Waals surface area contributed by atoms with E-state index >= 15 is 0 Å². The summed E-state index contributed by atoms with van der Waals surface area (Å²) in [6.07, 6.45) is 6.21. The smallest absolute Gasteiger partial charge is 0.223 e. The Morgan fingerprint density at radius 3 is 2.42 bits per heavy atom. The summed E-state index contributed by atoms with van der Waals surface area (Å²) >= 11 is 0. The van der Waals surface area contributed by atoms with Crippen LogP contribution in [-0.4, -0.2) is 24.6 Å². The minimum Gasteiger partial charge on any atom is -0.493 e. The largest absolute Gasteiger partial charge is 0.493 e. The molecule has 0 spiro atoms. The highest BCUT2D eigenvalue weighted by Gasteiger charge is 2.39. The molecule has 0 radical (unpaired) electrons. The van der Waals surface area contributed by atoms with Crippen molar-refractivity contribution < 1.29 is 9.53 Å². The molecular weight excluding hydrogens is 300 g/mol. The molecule has 3 rings (SSSR count). The van der Waals surface area contributed by atoms with Gasteiger partial charge in [-0.05, 0) is 74.6 Å². The Morgan fingerprint density at radius 1 is 1.17 bits per heavy atom. The summed E-state index contributed by atoms with van der Waals surface area (Å²) in [6, 6.07) is 6.79.